The molecule has 8 heteroatoms. The molecule has 0 aliphatic rings. The quantitative estimate of drug-likeness (QED) is 0.616. The van der Waals surface area contributed by atoms with Gasteiger partial charge < -0.3 is 19.6 Å². The van der Waals surface area contributed by atoms with Crippen molar-refractivity contribution in [3.63, 3.8) is 0 Å². The number of thioether (sulfide) groups is 1. The van der Waals surface area contributed by atoms with Gasteiger partial charge in [-0.15, -0.1) is 0 Å². The molecule has 0 radical (unpaired) electrons. The average Bonchev–Trinajstić information content (AvgIpc) is 2.66. The van der Waals surface area contributed by atoms with Crippen LogP contribution in [0.3, 0.4) is 0 Å². The number of carboxylic acid groups (broad SMARTS) is 1. The van der Waals surface area contributed by atoms with Crippen molar-refractivity contribution in [1.29, 1.82) is 0 Å². The summed E-state index contributed by atoms with van der Waals surface area (Å²) in [4.78, 5) is 35.5. The van der Waals surface area contributed by atoms with E-state index in [0.717, 1.165) is 10.9 Å². The lowest BCUT2D eigenvalue weighted by Crippen LogP contribution is -2.46. The summed E-state index contributed by atoms with van der Waals surface area (Å²) in [6.07, 6.45) is 1.98. The Kier molecular flexibility index (Phi) is 7.51. The van der Waals surface area contributed by atoms with E-state index in [1.54, 1.807) is 26.0 Å². The highest BCUT2D eigenvalue weighted by atomic mass is 32.2. The Morgan fingerprint density at radius 3 is 2.68 bits per heavy atom. The smallest absolute Gasteiger partial charge is 0.336 e. The maximum absolute atomic E-state index is 12.4. The standard InChI is InChI=1S/C20H25NO6S/c1-5-13-10-17(22)27-18-11(2)16(7-6-14(13)18)26-12(3)19(23)21-15(20(24)25)8-9-28-4/h6-7,10,12,15H,5,8-9H2,1-4H3,(H,21,23)(H,24,25)/t12?,15-/m0/s1. The van der Waals surface area contributed by atoms with Crippen molar-refractivity contribution in [2.45, 2.75) is 45.8 Å². The first-order valence-corrected chi connectivity index (χ1v) is 10.4. The Morgan fingerprint density at radius 1 is 1.36 bits per heavy atom. The summed E-state index contributed by atoms with van der Waals surface area (Å²) in [5, 5.41) is 12.6. The van der Waals surface area contributed by atoms with E-state index in [1.165, 1.54) is 17.8 Å². The lowest BCUT2D eigenvalue weighted by molar-refractivity contribution is -0.142. The topological polar surface area (TPSA) is 106 Å². The van der Waals surface area contributed by atoms with Gasteiger partial charge >= 0.3 is 11.6 Å². The zero-order valence-electron chi connectivity index (χ0n) is 16.4. The van der Waals surface area contributed by atoms with Crippen LogP contribution < -0.4 is 15.7 Å². The van der Waals surface area contributed by atoms with Gasteiger partial charge in [-0.3, -0.25) is 4.79 Å². The lowest BCUT2D eigenvalue weighted by Gasteiger charge is -2.20. The first kappa shape index (κ1) is 21.8. The molecule has 1 unspecified atom stereocenters. The van der Waals surface area contributed by atoms with Crippen LogP contribution in [0.2, 0.25) is 0 Å². The molecule has 1 aromatic heterocycles. The van der Waals surface area contributed by atoms with E-state index in [0.29, 0.717) is 35.5 Å². The summed E-state index contributed by atoms with van der Waals surface area (Å²) < 4.78 is 11.1. The second kappa shape index (κ2) is 9.64. The fraction of sp³-hybridized carbons (Fsp3) is 0.450. The van der Waals surface area contributed by atoms with Crippen LogP contribution in [-0.2, 0) is 16.0 Å². The minimum atomic E-state index is -1.08. The van der Waals surface area contributed by atoms with Gasteiger partial charge in [-0.1, -0.05) is 6.92 Å². The summed E-state index contributed by atoms with van der Waals surface area (Å²) in [5.74, 6) is -0.570. The molecule has 0 saturated carbocycles. The third kappa shape index (κ3) is 5.07. The van der Waals surface area contributed by atoms with E-state index in [2.05, 4.69) is 5.32 Å². The monoisotopic (exact) mass is 407 g/mol. The summed E-state index contributed by atoms with van der Waals surface area (Å²) in [6.45, 7) is 5.25. The van der Waals surface area contributed by atoms with Crippen molar-refractivity contribution >= 4 is 34.6 Å². The van der Waals surface area contributed by atoms with E-state index in [-0.39, 0.29) is 0 Å². The molecule has 2 rings (SSSR count). The van der Waals surface area contributed by atoms with Crippen LogP contribution in [0.25, 0.3) is 11.0 Å². The van der Waals surface area contributed by atoms with Crippen molar-refractivity contribution in [1.82, 2.24) is 5.32 Å². The molecule has 2 aromatic rings. The van der Waals surface area contributed by atoms with Crippen LogP contribution in [0.15, 0.2) is 27.4 Å². The maximum Gasteiger partial charge on any atom is 0.336 e. The molecule has 152 valence electrons. The number of rotatable bonds is 9. The zero-order chi connectivity index (χ0) is 20.8. The first-order chi connectivity index (χ1) is 13.3. The molecule has 0 spiro atoms. The molecule has 7 nitrogen and oxygen atoms in total. The number of benzene rings is 1. The molecule has 0 aliphatic carbocycles. The number of amides is 1. The van der Waals surface area contributed by atoms with E-state index < -0.39 is 29.6 Å². The lowest BCUT2D eigenvalue weighted by atomic mass is 10.0. The van der Waals surface area contributed by atoms with Crippen molar-refractivity contribution in [2.24, 2.45) is 0 Å². The number of ether oxygens (including phenoxy) is 1. The molecule has 0 aliphatic heterocycles. The molecule has 28 heavy (non-hydrogen) atoms. The van der Waals surface area contributed by atoms with Crippen molar-refractivity contribution in [3.8, 4) is 5.75 Å². The van der Waals surface area contributed by atoms with Crippen LogP contribution in [0.4, 0.5) is 0 Å². The third-order valence-electron chi connectivity index (χ3n) is 4.48. The van der Waals surface area contributed by atoms with E-state index in [9.17, 15) is 19.5 Å². The van der Waals surface area contributed by atoms with Gasteiger partial charge in [-0.05, 0) is 56.4 Å². The SMILES string of the molecule is CCc1cc(=O)oc2c(C)c(OC(C)C(=O)N[C@@H](CCSC)C(=O)O)ccc12. The third-order valence-corrected chi connectivity index (χ3v) is 5.12. The van der Waals surface area contributed by atoms with Crippen LogP contribution in [0.1, 0.15) is 31.4 Å². The predicted molar refractivity (Wildman–Crippen MR) is 109 cm³/mol. The van der Waals surface area contributed by atoms with E-state index in [4.69, 9.17) is 9.15 Å². The Labute approximate surface area is 167 Å². The highest BCUT2D eigenvalue weighted by molar-refractivity contribution is 7.98. The van der Waals surface area contributed by atoms with Gasteiger partial charge in [-0.2, -0.15) is 11.8 Å². The van der Waals surface area contributed by atoms with Crippen LogP contribution in [-0.4, -0.2) is 41.1 Å². The molecule has 0 bridgehead atoms. The van der Waals surface area contributed by atoms with Gasteiger partial charge in [0.25, 0.3) is 5.91 Å². The van der Waals surface area contributed by atoms with Crippen molar-refractivity contribution in [2.75, 3.05) is 12.0 Å². The number of aliphatic carboxylic acids is 1. The largest absolute Gasteiger partial charge is 0.480 e. The van der Waals surface area contributed by atoms with Crippen LogP contribution in [0, 0.1) is 6.92 Å². The average molecular weight is 407 g/mol. The fourth-order valence-electron chi connectivity index (χ4n) is 2.85. The van der Waals surface area contributed by atoms with E-state index >= 15 is 0 Å². The number of carbonyl (C=O) groups is 2. The van der Waals surface area contributed by atoms with Crippen LogP contribution >= 0.6 is 11.8 Å². The summed E-state index contributed by atoms with van der Waals surface area (Å²) >= 11 is 1.51. The molecule has 2 N–H and O–H groups in total. The number of hydrogen-bond acceptors (Lipinski definition) is 6. The van der Waals surface area contributed by atoms with Gasteiger partial charge in [0, 0.05) is 17.0 Å². The van der Waals surface area contributed by atoms with E-state index in [1.807, 2.05) is 13.2 Å². The molecule has 0 saturated heterocycles. The summed E-state index contributed by atoms with van der Waals surface area (Å²) in [7, 11) is 0. The number of nitrogens with one attached hydrogen (secondary N) is 1. The minimum absolute atomic E-state index is 0.328. The zero-order valence-corrected chi connectivity index (χ0v) is 17.2. The Hall–Kier alpha value is -2.48. The molecule has 1 heterocycles. The van der Waals surface area contributed by atoms with Crippen molar-refractivity contribution < 1.29 is 23.8 Å². The Balaban J connectivity index is 2.21. The fourth-order valence-corrected chi connectivity index (χ4v) is 3.33. The maximum atomic E-state index is 12.4. The molecule has 1 aromatic carbocycles. The van der Waals surface area contributed by atoms with Crippen molar-refractivity contribution in [3.05, 3.63) is 39.7 Å². The predicted octanol–water partition coefficient (Wildman–Crippen LogP) is 2.75. The highest BCUT2D eigenvalue weighted by Crippen LogP contribution is 2.29. The highest BCUT2D eigenvalue weighted by Gasteiger charge is 2.24. The Bertz CT molecular complexity index is 923. The number of fused-ring (bicyclic) bond motifs is 1. The number of carbonyl (C=O) groups excluding carboxylic acids is 1. The number of aryl methyl sites for hydroxylation is 2. The summed E-state index contributed by atoms with van der Waals surface area (Å²) in [6, 6.07) is 4.03. The second-order valence-corrected chi connectivity index (χ2v) is 7.44. The Morgan fingerprint density at radius 2 is 2.07 bits per heavy atom. The minimum Gasteiger partial charge on any atom is -0.480 e. The normalized spacial score (nSPS) is 13.1. The molecular weight excluding hydrogens is 382 g/mol. The van der Waals surface area contributed by atoms with Gasteiger partial charge in [0.15, 0.2) is 6.10 Å². The van der Waals surface area contributed by atoms with Gasteiger partial charge in [-0.25, -0.2) is 9.59 Å². The van der Waals surface area contributed by atoms with Gasteiger partial charge in [0.05, 0.1) is 0 Å². The molecular formula is C20H25NO6S. The molecule has 2 atom stereocenters. The number of hydrogen-bond donors (Lipinski definition) is 2. The second-order valence-electron chi connectivity index (χ2n) is 6.45. The van der Waals surface area contributed by atoms with Gasteiger partial charge in [0.2, 0.25) is 0 Å². The number of carboxylic acids is 1. The molecule has 0 fully saturated rings. The summed E-state index contributed by atoms with van der Waals surface area (Å²) in [5.41, 5.74) is 1.48. The van der Waals surface area contributed by atoms with Crippen LogP contribution in [0.5, 0.6) is 5.75 Å². The van der Waals surface area contributed by atoms with Gasteiger partial charge in [0.1, 0.15) is 17.4 Å². The first-order valence-electron chi connectivity index (χ1n) is 9.03. The molecule has 1 amide bonds.